The maximum atomic E-state index is 14.3. The van der Waals surface area contributed by atoms with E-state index in [-0.39, 0.29) is 16.8 Å². The Labute approximate surface area is 211 Å². The molecule has 0 aromatic rings. The van der Waals surface area contributed by atoms with Crippen LogP contribution < -0.4 is 5.32 Å². The zero-order valence-corrected chi connectivity index (χ0v) is 23.4. The van der Waals surface area contributed by atoms with E-state index in [9.17, 15) is 4.79 Å². The summed E-state index contributed by atoms with van der Waals surface area (Å²) < 4.78 is 7.25. The molecule has 2 spiro atoms. The summed E-state index contributed by atoms with van der Waals surface area (Å²) in [5.41, 5.74) is -1.28. The Kier molecular flexibility index (Phi) is 9.94. The second kappa shape index (κ2) is 12.1. The van der Waals surface area contributed by atoms with Crippen molar-refractivity contribution < 1.29 is 9.53 Å². The molecule has 3 fully saturated rings. The number of ether oxygens (including phenoxy) is 1. The average molecular weight is 477 g/mol. The highest BCUT2D eigenvalue weighted by atomic mass is 16.6. The van der Waals surface area contributed by atoms with Crippen LogP contribution in [-0.2, 0) is 9.53 Å². The minimum atomic E-state index is -0.669. The first-order chi connectivity index (χ1) is 16.1. The molecule has 3 rings (SSSR count). The second-order valence-corrected chi connectivity index (χ2v) is 13.2. The molecular formula is C30H56N2O2. The van der Waals surface area contributed by atoms with Gasteiger partial charge in [-0.05, 0) is 59.8 Å². The summed E-state index contributed by atoms with van der Waals surface area (Å²) in [5.74, 6) is 0.302. The van der Waals surface area contributed by atoms with Crippen LogP contribution in [0.5, 0.6) is 0 Å². The van der Waals surface area contributed by atoms with E-state index in [0.717, 1.165) is 38.6 Å². The van der Waals surface area contributed by atoms with Crippen molar-refractivity contribution in [2.24, 2.45) is 0 Å². The van der Waals surface area contributed by atoms with Crippen molar-refractivity contribution in [3.05, 3.63) is 0 Å². The molecule has 1 aliphatic carbocycles. The maximum absolute atomic E-state index is 14.3. The number of carbonyl (C=O) groups is 1. The number of amides is 1. The van der Waals surface area contributed by atoms with Crippen molar-refractivity contribution in [3.8, 4) is 0 Å². The van der Waals surface area contributed by atoms with Crippen LogP contribution in [-0.4, -0.2) is 39.8 Å². The first-order valence-electron chi connectivity index (χ1n) is 15.0. The largest absolute Gasteiger partial charge is 0.339 e. The van der Waals surface area contributed by atoms with Crippen LogP contribution in [0.15, 0.2) is 0 Å². The predicted molar refractivity (Wildman–Crippen MR) is 143 cm³/mol. The van der Waals surface area contributed by atoms with Gasteiger partial charge in [0.25, 0.3) is 5.91 Å². The lowest BCUT2D eigenvalue weighted by Gasteiger charge is -2.50. The molecule has 0 unspecified atom stereocenters. The number of piperidine rings is 1. The van der Waals surface area contributed by atoms with Crippen molar-refractivity contribution in [2.45, 2.75) is 179 Å². The smallest absolute Gasteiger partial charge is 0.257 e. The first kappa shape index (κ1) is 28.0. The third kappa shape index (κ3) is 7.21. The molecule has 0 radical (unpaired) electrons. The van der Waals surface area contributed by atoms with E-state index in [1.165, 1.54) is 89.9 Å². The molecule has 2 saturated heterocycles. The number of nitrogens with one attached hydrogen (secondary N) is 1. The molecule has 2 heterocycles. The molecule has 0 atom stereocenters. The summed E-state index contributed by atoms with van der Waals surface area (Å²) >= 11 is 0. The minimum Gasteiger partial charge on any atom is -0.339 e. The quantitative estimate of drug-likeness (QED) is 0.380. The fraction of sp³-hybridized carbons (Fsp3) is 0.967. The number of hydrogen-bond acceptors (Lipinski definition) is 3. The topological polar surface area (TPSA) is 41.6 Å². The standard InChI is InChI=1S/C30H56N2O2/c1-6-7-8-9-17-20-23-32-26(33)29(24-27(2,3)31-28(4,5)25-29)34-30(32)21-18-15-13-11-10-12-14-16-19-22-30/h31H,6-25H2,1-5H3. The van der Waals surface area contributed by atoms with Crippen LogP contribution in [0.1, 0.15) is 157 Å². The number of rotatable bonds is 7. The Morgan fingerprint density at radius 2 is 1.21 bits per heavy atom. The van der Waals surface area contributed by atoms with Crippen LogP contribution in [0.2, 0.25) is 0 Å². The van der Waals surface area contributed by atoms with Gasteiger partial charge < -0.3 is 15.0 Å². The zero-order chi connectivity index (χ0) is 24.7. The van der Waals surface area contributed by atoms with E-state index in [2.05, 4.69) is 44.8 Å². The summed E-state index contributed by atoms with van der Waals surface area (Å²) in [4.78, 5) is 16.6. The first-order valence-corrected chi connectivity index (χ1v) is 15.0. The maximum Gasteiger partial charge on any atom is 0.257 e. The Morgan fingerprint density at radius 1 is 0.735 bits per heavy atom. The lowest BCUT2D eigenvalue weighted by atomic mass is 9.72. The van der Waals surface area contributed by atoms with Crippen LogP contribution >= 0.6 is 0 Å². The van der Waals surface area contributed by atoms with Crippen LogP contribution in [0, 0.1) is 0 Å². The molecule has 1 amide bonds. The van der Waals surface area contributed by atoms with Crippen molar-refractivity contribution in [3.63, 3.8) is 0 Å². The minimum absolute atomic E-state index is 0.111. The number of unbranched alkanes of at least 4 members (excludes halogenated alkanes) is 5. The number of carbonyl (C=O) groups excluding carboxylic acids is 1. The fourth-order valence-electron chi connectivity index (χ4n) is 7.50. The monoisotopic (exact) mass is 476 g/mol. The SMILES string of the molecule is CCCCCCCCN1C(=O)C2(CC(C)(C)NC(C)(C)C2)OC12CCCCCCCCCCC2. The second-order valence-electron chi connectivity index (χ2n) is 13.2. The van der Waals surface area contributed by atoms with E-state index in [0.29, 0.717) is 5.91 Å². The summed E-state index contributed by atoms with van der Waals surface area (Å²) in [7, 11) is 0. The summed E-state index contributed by atoms with van der Waals surface area (Å²) in [6, 6.07) is 0. The molecule has 198 valence electrons. The highest BCUT2D eigenvalue weighted by Crippen LogP contribution is 2.50. The van der Waals surface area contributed by atoms with Gasteiger partial charge in [0, 0.05) is 30.5 Å². The van der Waals surface area contributed by atoms with Gasteiger partial charge in [-0.1, -0.05) is 84.0 Å². The van der Waals surface area contributed by atoms with Gasteiger partial charge in [-0.3, -0.25) is 4.79 Å². The van der Waals surface area contributed by atoms with Gasteiger partial charge in [0.15, 0.2) is 5.60 Å². The van der Waals surface area contributed by atoms with Crippen LogP contribution in [0.3, 0.4) is 0 Å². The Morgan fingerprint density at radius 3 is 1.74 bits per heavy atom. The Bertz CT molecular complexity index is 614. The fourth-order valence-corrected chi connectivity index (χ4v) is 7.50. The van der Waals surface area contributed by atoms with E-state index < -0.39 is 5.60 Å². The zero-order valence-electron chi connectivity index (χ0n) is 23.4. The highest BCUT2D eigenvalue weighted by Gasteiger charge is 2.64. The summed E-state index contributed by atoms with van der Waals surface area (Å²) in [6.45, 7) is 12.1. The normalized spacial score (nSPS) is 27.0. The van der Waals surface area contributed by atoms with E-state index in [4.69, 9.17) is 4.74 Å². The lowest BCUT2D eigenvalue weighted by Crippen LogP contribution is -2.65. The van der Waals surface area contributed by atoms with Crippen LogP contribution in [0.25, 0.3) is 0 Å². The van der Waals surface area contributed by atoms with Gasteiger partial charge in [-0.2, -0.15) is 0 Å². The van der Waals surface area contributed by atoms with E-state index in [1.807, 2.05) is 0 Å². The van der Waals surface area contributed by atoms with Crippen molar-refractivity contribution in [2.75, 3.05) is 6.54 Å². The van der Waals surface area contributed by atoms with Crippen molar-refractivity contribution >= 4 is 5.91 Å². The number of hydrogen-bond donors (Lipinski definition) is 1. The van der Waals surface area contributed by atoms with Gasteiger partial charge in [0.05, 0.1) is 0 Å². The van der Waals surface area contributed by atoms with Gasteiger partial charge in [-0.25, -0.2) is 0 Å². The molecule has 4 nitrogen and oxygen atoms in total. The molecular weight excluding hydrogens is 420 g/mol. The van der Waals surface area contributed by atoms with E-state index >= 15 is 0 Å². The summed E-state index contributed by atoms with van der Waals surface area (Å²) in [5, 5.41) is 3.79. The molecule has 0 aromatic heterocycles. The molecule has 34 heavy (non-hydrogen) atoms. The predicted octanol–water partition coefficient (Wildman–Crippen LogP) is 7.89. The Hall–Kier alpha value is -0.610. The van der Waals surface area contributed by atoms with E-state index in [1.54, 1.807) is 0 Å². The number of nitrogens with zero attached hydrogens (tertiary/aromatic N) is 1. The van der Waals surface area contributed by atoms with Crippen molar-refractivity contribution in [1.29, 1.82) is 0 Å². The average Bonchev–Trinajstić information content (AvgIpc) is 2.92. The lowest BCUT2D eigenvalue weighted by molar-refractivity contribution is -0.176. The molecule has 0 aromatic carbocycles. The van der Waals surface area contributed by atoms with Crippen molar-refractivity contribution in [1.82, 2.24) is 10.2 Å². The molecule has 2 aliphatic heterocycles. The highest BCUT2D eigenvalue weighted by molar-refractivity contribution is 5.88. The molecule has 4 heteroatoms. The Balaban J connectivity index is 1.83. The molecule has 1 saturated carbocycles. The third-order valence-electron chi connectivity index (χ3n) is 8.51. The van der Waals surface area contributed by atoms with Gasteiger partial charge in [0.2, 0.25) is 0 Å². The van der Waals surface area contributed by atoms with Gasteiger partial charge in [0.1, 0.15) is 5.72 Å². The third-order valence-corrected chi connectivity index (χ3v) is 8.51. The molecule has 1 N–H and O–H groups in total. The van der Waals surface area contributed by atoms with Gasteiger partial charge in [-0.15, -0.1) is 0 Å². The summed E-state index contributed by atoms with van der Waals surface area (Å²) in [6.07, 6.45) is 22.9. The molecule has 3 aliphatic rings. The molecule has 0 bridgehead atoms. The van der Waals surface area contributed by atoms with Crippen LogP contribution in [0.4, 0.5) is 0 Å². The van der Waals surface area contributed by atoms with Gasteiger partial charge >= 0.3 is 0 Å².